The Morgan fingerprint density at radius 2 is 1.57 bits per heavy atom. The van der Waals surface area contributed by atoms with E-state index >= 15 is 0 Å². The van der Waals surface area contributed by atoms with Gasteiger partial charge in [-0.3, -0.25) is 4.79 Å². The highest BCUT2D eigenvalue weighted by Crippen LogP contribution is 1.85. The molecule has 1 atom stereocenters. The van der Waals surface area contributed by atoms with Crippen LogP contribution in [-0.4, -0.2) is 63.5 Å². The highest BCUT2D eigenvalue weighted by Gasteiger charge is 2.04. The Morgan fingerprint density at radius 1 is 1.14 bits per heavy atom. The standard InChI is InChI=1S/C4H9NO3.C3H8O3/c5-2-3(6)1-4(7)8;4-1-3(6)2-5/h3,6H,1-2,5H2,(H,7,8);3-6H,1-2H2. The molecule has 0 aromatic heterocycles. The lowest BCUT2D eigenvalue weighted by Gasteiger charge is -2.00. The topological polar surface area (TPSA) is 144 Å². The first kappa shape index (κ1) is 15.7. The van der Waals surface area contributed by atoms with Gasteiger partial charge in [0, 0.05) is 6.54 Å². The molecule has 0 amide bonds. The Kier molecular flexibility index (Phi) is 11.6. The van der Waals surface area contributed by atoms with Gasteiger partial charge in [0.1, 0.15) is 6.10 Å². The minimum Gasteiger partial charge on any atom is -0.481 e. The molecule has 0 aliphatic rings. The van der Waals surface area contributed by atoms with Gasteiger partial charge in [-0.2, -0.15) is 0 Å². The monoisotopic (exact) mass is 211 g/mol. The molecule has 0 heterocycles. The molecular formula is C7H17NO6. The van der Waals surface area contributed by atoms with Gasteiger partial charge in [0.25, 0.3) is 0 Å². The average Bonchev–Trinajstić information content (AvgIpc) is 2.16. The van der Waals surface area contributed by atoms with Gasteiger partial charge in [0.05, 0.1) is 25.7 Å². The smallest absolute Gasteiger partial charge is 0.306 e. The molecular weight excluding hydrogens is 194 g/mol. The summed E-state index contributed by atoms with van der Waals surface area (Å²) >= 11 is 0. The van der Waals surface area contributed by atoms with Gasteiger partial charge in [0.15, 0.2) is 0 Å². The number of aliphatic hydroxyl groups is 4. The molecule has 0 saturated carbocycles. The summed E-state index contributed by atoms with van der Waals surface area (Å²) in [6.07, 6.45) is -2.12. The van der Waals surface area contributed by atoms with Crippen LogP contribution in [0, 0.1) is 0 Å². The van der Waals surface area contributed by atoms with Crippen molar-refractivity contribution in [2.24, 2.45) is 5.73 Å². The van der Waals surface area contributed by atoms with Crippen LogP contribution in [0.4, 0.5) is 0 Å². The summed E-state index contributed by atoms with van der Waals surface area (Å²) in [6, 6.07) is 0. The fraction of sp³-hybridized carbons (Fsp3) is 0.857. The number of nitrogens with two attached hydrogens (primary N) is 1. The molecule has 7 heteroatoms. The highest BCUT2D eigenvalue weighted by atomic mass is 16.4. The van der Waals surface area contributed by atoms with Crippen molar-refractivity contribution < 1.29 is 30.3 Å². The molecule has 86 valence electrons. The van der Waals surface area contributed by atoms with Gasteiger partial charge in [-0.1, -0.05) is 0 Å². The summed E-state index contributed by atoms with van der Waals surface area (Å²) in [5.41, 5.74) is 4.91. The number of hydrogen-bond acceptors (Lipinski definition) is 6. The lowest BCUT2D eigenvalue weighted by Crippen LogP contribution is -2.22. The number of rotatable bonds is 5. The number of carbonyl (C=O) groups is 1. The zero-order valence-corrected chi connectivity index (χ0v) is 7.70. The van der Waals surface area contributed by atoms with E-state index in [-0.39, 0.29) is 26.2 Å². The van der Waals surface area contributed by atoms with E-state index in [2.05, 4.69) is 0 Å². The van der Waals surface area contributed by atoms with Crippen molar-refractivity contribution >= 4 is 5.97 Å². The molecule has 0 aliphatic carbocycles. The van der Waals surface area contributed by atoms with Crippen LogP contribution in [0.1, 0.15) is 6.42 Å². The van der Waals surface area contributed by atoms with Crippen LogP contribution in [0.3, 0.4) is 0 Å². The molecule has 0 fully saturated rings. The minimum absolute atomic E-state index is 0.00625. The van der Waals surface area contributed by atoms with E-state index < -0.39 is 18.2 Å². The normalized spacial score (nSPS) is 11.9. The van der Waals surface area contributed by atoms with E-state index in [4.69, 9.17) is 31.3 Å². The van der Waals surface area contributed by atoms with Crippen LogP contribution in [0.15, 0.2) is 0 Å². The Hall–Kier alpha value is -0.730. The molecule has 0 aromatic carbocycles. The molecule has 0 rings (SSSR count). The molecule has 0 saturated heterocycles. The van der Waals surface area contributed by atoms with E-state index in [0.717, 1.165) is 0 Å². The zero-order chi connectivity index (χ0) is 11.6. The maximum absolute atomic E-state index is 9.75. The second-order valence-electron chi connectivity index (χ2n) is 2.51. The van der Waals surface area contributed by atoms with E-state index in [1.165, 1.54) is 0 Å². The second-order valence-corrected chi connectivity index (χ2v) is 2.51. The van der Waals surface area contributed by atoms with E-state index in [0.29, 0.717) is 0 Å². The first-order valence-corrected chi connectivity index (χ1v) is 3.97. The largest absolute Gasteiger partial charge is 0.481 e. The summed E-state index contributed by atoms with van der Waals surface area (Å²) in [6.45, 7) is -0.723. The van der Waals surface area contributed by atoms with Crippen molar-refractivity contribution in [3.05, 3.63) is 0 Å². The summed E-state index contributed by atoms with van der Waals surface area (Å²) in [7, 11) is 0. The van der Waals surface area contributed by atoms with Gasteiger partial charge in [-0.05, 0) is 0 Å². The Labute approximate surface area is 81.4 Å². The number of carboxylic acids is 1. The van der Waals surface area contributed by atoms with Crippen LogP contribution in [0.2, 0.25) is 0 Å². The molecule has 0 bridgehead atoms. The SMILES string of the molecule is NCC(O)CC(=O)O.OCC(O)CO. The first-order valence-electron chi connectivity index (χ1n) is 3.97. The fourth-order valence-electron chi connectivity index (χ4n) is 0.343. The molecule has 0 aromatic rings. The number of aliphatic hydroxyl groups excluding tert-OH is 4. The molecule has 0 radical (unpaired) electrons. The van der Waals surface area contributed by atoms with Crippen molar-refractivity contribution in [3.8, 4) is 0 Å². The van der Waals surface area contributed by atoms with Crippen molar-refractivity contribution in [1.29, 1.82) is 0 Å². The fourth-order valence-corrected chi connectivity index (χ4v) is 0.343. The Morgan fingerprint density at radius 3 is 1.64 bits per heavy atom. The highest BCUT2D eigenvalue weighted by molar-refractivity contribution is 5.67. The summed E-state index contributed by atoms with van der Waals surface area (Å²) in [5, 5.41) is 40.5. The van der Waals surface area contributed by atoms with E-state index in [9.17, 15) is 4.79 Å². The van der Waals surface area contributed by atoms with Crippen molar-refractivity contribution in [3.63, 3.8) is 0 Å². The second kappa shape index (κ2) is 10.4. The quantitative estimate of drug-likeness (QED) is 0.286. The van der Waals surface area contributed by atoms with Crippen molar-refractivity contribution in [1.82, 2.24) is 0 Å². The van der Waals surface area contributed by atoms with Gasteiger partial charge in [0.2, 0.25) is 0 Å². The van der Waals surface area contributed by atoms with Gasteiger partial charge >= 0.3 is 5.97 Å². The third kappa shape index (κ3) is 13.8. The molecule has 0 spiro atoms. The molecule has 7 N–H and O–H groups in total. The molecule has 0 aliphatic heterocycles. The minimum atomic E-state index is -1.03. The summed E-state index contributed by atoms with van der Waals surface area (Å²) in [5.74, 6) is -1.03. The summed E-state index contributed by atoms with van der Waals surface area (Å²) in [4.78, 5) is 9.75. The number of hydrogen-bond donors (Lipinski definition) is 6. The first-order chi connectivity index (χ1) is 6.47. The maximum Gasteiger partial charge on any atom is 0.306 e. The predicted octanol–water partition coefficient (Wildman–Crippen LogP) is -2.89. The van der Waals surface area contributed by atoms with Crippen molar-refractivity contribution in [2.45, 2.75) is 18.6 Å². The molecule has 14 heavy (non-hydrogen) atoms. The van der Waals surface area contributed by atoms with Gasteiger partial charge < -0.3 is 31.3 Å². The van der Waals surface area contributed by atoms with Crippen molar-refractivity contribution in [2.75, 3.05) is 19.8 Å². The number of aliphatic carboxylic acids is 1. The van der Waals surface area contributed by atoms with Gasteiger partial charge in [-0.15, -0.1) is 0 Å². The lowest BCUT2D eigenvalue weighted by molar-refractivity contribution is -0.139. The third-order valence-electron chi connectivity index (χ3n) is 1.10. The lowest BCUT2D eigenvalue weighted by atomic mass is 10.3. The van der Waals surface area contributed by atoms with E-state index in [1.807, 2.05) is 0 Å². The molecule has 7 nitrogen and oxygen atoms in total. The Balaban J connectivity index is 0. The predicted molar refractivity (Wildman–Crippen MR) is 47.5 cm³/mol. The third-order valence-corrected chi connectivity index (χ3v) is 1.10. The average molecular weight is 211 g/mol. The summed E-state index contributed by atoms with van der Waals surface area (Å²) < 4.78 is 0. The van der Waals surface area contributed by atoms with Crippen LogP contribution in [0.5, 0.6) is 0 Å². The van der Waals surface area contributed by atoms with Crippen LogP contribution >= 0.6 is 0 Å². The van der Waals surface area contributed by atoms with Crippen LogP contribution in [-0.2, 0) is 4.79 Å². The van der Waals surface area contributed by atoms with Gasteiger partial charge in [-0.25, -0.2) is 0 Å². The van der Waals surface area contributed by atoms with Crippen LogP contribution < -0.4 is 5.73 Å². The maximum atomic E-state index is 9.75. The number of carboxylic acid groups (broad SMARTS) is 1. The molecule has 1 unspecified atom stereocenters. The van der Waals surface area contributed by atoms with Crippen LogP contribution in [0.25, 0.3) is 0 Å². The van der Waals surface area contributed by atoms with E-state index in [1.54, 1.807) is 0 Å². The zero-order valence-electron chi connectivity index (χ0n) is 7.70. The Bertz CT molecular complexity index is 138.